The van der Waals surface area contributed by atoms with Crippen LogP contribution in [0.25, 0.3) is 21.8 Å². The number of anilines is 1. The topological polar surface area (TPSA) is 97.4 Å². The van der Waals surface area contributed by atoms with Crippen LogP contribution in [0.3, 0.4) is 0 Å². The van der Waals surface area contributed by atoms with E-state index in [2.05, 4.69) is 31.0 Å². The lowest BCUT2D eigenvalue weighted by Crippen LogP contribution is -2.17. The molecule has 156 valence electrons. The fraction of sp³-hybridized carbons (Fsp3) is 0. The van der Waals surface area contributed by atoms with Gasteiger partial charge in [-0.1, -0.05) is 36.4 Å². The lowest BCUT2D eigenvalue weighted by Gasteiger charge is -2.03. The summed E-state index contributed by atoms with van der Waals surface area (Å²) in [6.45, 7) is 0. The fourth-order valence-corrected chi connectivity index (χ4v) is 3.50. The van der Waals surface area contributed by atoms with Gasteiger partial charge >= 0.3 is 0 Å². The summed E-state index contributed by atoms with van der Waals surface area (Å²) in [5.74, 6) is -0.282. The molecular weight excluding hydrogens is 400 g/mol. The first-order valence-corrected chi connectivity index (χ1v) is 10.1. The van der Waals surface area contributed by atoms with Crippen molar-refractivity contribution in [2.45, 2.75) is 0 Å². The van der Waals surface area contributed by atoms with Crippen molar-refractivity contribution >= 4 is 45.8 Å². The Morgan fingerprint density at radius 2 is 1.28 bits per heavy atom. The predicted octanol–water partition coefficient (Wildman–Crippen LogP) is 4.86. The minimum atomic E-state index is -0.282. The second-order valence-corrected chi connectivity index (χ2v) is 7.23. The number of benzene rings is 3. The zero-order chi connectivity index (χ0) is 21.8. The van der Waals surface area contributed by atoms with Crippen LogP contribution in [0, 0.1) is 0 Å². The molecule has 0 unspecified atom stereocenters. The molecular formula is C25H20N6O. The van der Waals surface area contributed by atoms with Gasteiger partial charge in [-0.25, -0.2) is 5.43 Å². The molecule has 0 bridgehead atoms. The van der Waals surface area contributed by atoms with E-state index in [1.54, 1.807) is 36.7 Å². The van der Waals surface area contributed by atoms with E-state index in [1.165, 1.54) is 0 Å². The largest absolute Gasteiger partial charge is 0.361 e. The number of hydrazone groups is 2. The third-order valence-electron chi connectivity index (χ3n) is 5.16. The molecule has 2 aromatic heterocycles. The Bertz CT molecular complexity index is 1440. The van der Waals surface area contributed by atoms with Crippen molar-refractivity contribution in [2.24, 2.45) is 10.2 Å². The van der Waals surface area contributed by atoms with Gasteiger partial charge in [-0.15, -0.1) is 0 Å². The number of hydrogen-bond acceptors (Lipinski definition) is 4. The van der Waals surface area contributed by atoms with Gasteiger partial charge in [0.2, 0.25) is 0 Å². The minimum Gasteiger partial charge on any atom is -0.361 e. The molecule has 0 atom stereocenters. The molecule has 1 amide bonds. The summed E-state index contributed by atoms with van der Waals surface area (Å²) in [7, 11) is 0. The van der Waals surface area contributed by atoms with Gasteiger partial charge < -0.3 is 9.97 Å². The molecule has 32 heavy (non-hydrogen) atoms. The summed E-state index contributed by atoms with van der Waals surface area (Å²) < 4.78 is 0. The SMILES string of the molecule is O=C(N/N=C/c1c[nH]c2ccccc12)c1ccc(N/N=C/c2c[nH]c3ccccc23)cc1. The van der Waals surface area contributed by atoms with Gasteiger partial charge in [0.1, 0.15) is 0 Å². The molecule has 0 aliphatic rings. The molecule has 0 saturated carbocycles. The van der Waals surface area contributed by atoms with Crippen molar-refractivity contribution in [3.05, 3.63) is 102 Å². The van der Waals surface area contributed by atoms with Crippen molar-refractivity contribution in [1.82, 2.24) is 15.4 Å². The summed E-state index contributed by atoms with van der Waals surface area (Å²) >= 11 is 0. The molecule has 7 nitrogen and oxygen atoms in total. The number of rotatable bonds is 6. The zero-order valence-electron chi connectivity index (χ0n) is 17.0. The highest BCUT2D eigenvalue weighted by atomic mass is 16.2. The van der Waals surface area contributed by atoms with E-state index in [1.807, 2.05) is 60.9 Å². The quantitative estimate of drug-likeness (QED) is 0.233. The highest BCUT2D eigenvalue weighted by Gasteiger charge is 2.05. The van der Waals surface area contributed by atoms with E-state index in [9.17, 15) is 4.79 Å². The van der Waals surface area contributed by atoms with Crippen LogP contribution in [0.5, 0.6) is 0 Å². The normalized spacial score (nSPS) is 11.6. The number of nitrogens with zero attached hydrogens (tertiary/aromatic N) is 2. The van der Waals surface area contributed by atoms with Crippen molar-refractivity contribution in [1.29, 1.82) is 0 Å². The molecule has 5 aromatic rings. The van der Waals surface area contributed by atoms with E-state index in [0.29, 0.717) is 5.56 Å². The number of nitrogens with one attached hydrogen (secondary N) is 4. The van der Waals surface area contributed by atoms with Gasteiger partial charge in [0.15, 0.2) is 0 Å². The summed E-state index contributed by atoms with van der Waals surface area (Å²) in [5.41, 5.74) is 10.8. The van der Waals surface area contributed by atoms with E-state index < -0.39 is 0 Å². The second-order valence-electron chi connectivity index (χ2n) is 7.23. The maximum atomic E-state index is 12.4. The number of aromatic amines is 2. The summed E-state index contributed by atoms with van der Waals surface area (Å²) in [6.07, 6.45) is 7.17. The van der Waals surface area contributed by atoms with E-state index >= 15 is 0 Å². The van der Waals surface area contributed by atoms with Crippen LogP contribution >= 0.6 is 0 Å². The number of carbonyl (C=O) groups excluding carboxylic acids is 1. The molecule has 0 spiro atoms. The van der Waals surface area contributed by atoms with Crippen LogP contribution in [0.2, 0.25) is 0 Å². The van der Waals surface area contributed by atoms with Crippen LogP contribution in [0.15, 0.2) is 95.4 Å². The van der Waals surface area contributed by atoms with Gasteiger partial charge in [0, 0.05) is 50.9 Å². The van der Waals surface area contributed by atoms with E-state index in [4.69, 9.17) is 0 Å². The monoisotopic (exact) mass is 420 g/mol. The summed E-state index contributed by atoms with van der Waals surface area (Å²) in [6, 6.07) is 23.0. The van der Waals surface area contributed by atoms with E-state index in [0.717, 1.165) is 38.6 Å². The van der Waals surface area contributed by atoms with Gasteiger partial charge in [-0.3, -0.25) is 10.2 Å². The van der Waals surface area contributed by atoms with Crippen molar-refractivity contribution in [3.8, 4) is 0 Å². The van der Waals surface area contributed by atoms with Gasteiger partial charge in [-0.05, 0) is 36.4 Å². The lowest BCUT2D eigenvalue weighted by molar-refractivity contribution is 0.0955. The second kappa shape index (κ2) is 8.61. The molecule has 4 N–H and O–H groups in total. The van der Waals surface area contributed by atoms with Crippen LogP contribution in [-0.2, 0) is 0 Å². The Labute approximate surface area is 183 Å². The number of hydrogen-bond donors (Lipinski definition) is 4. The molecule has 5 rings (SSSR count). The van der Waals surface area contributed by atoms with E-state index in [-0.39, 0.29) is 5.91 Å². The number of aromatic nitrogens is 2. The molecule has 0 radical (unpaired) electrons. The smallest absolute Gasteiger partial charge is 0.271 e. The number of fused-ring (bicyclic) bond motifs is 2. The number of carbonyl (C=O) groups is 1. The molecule has 2 heterocycles. The minimum absolute atomic E-state index is 0.282. The molecule has 0 aliphatic heterocycles. The molecule has 0 aliphatic carbocycles. The van der Waals surface area contributed by atoms with Gasteiger partial charge in [0.05, 0.1) is 18.1 Å². The van der Waals surface area contributed by atoms with Gasteiger partial charge in [-0.2, -0.15) is 10.2 Å². The number of H-pyrrole nitrogens is 2. The lowest BCUT2D eigenvalue weighted by atomic mass is 10.2. The van der Waals surface area contributed by atoms with Crippen molar-refractivity contribution in [2.75, 3.05) is 5.43 Å². The maximum Gasteiger partial charge on any atom is 0.271 e. The molecule has 0 saturated heterocycles. The third kappa shape index (κ3) is 3.99. The summed E-state index contributed by atoms with van der Waals surface area (Å²) in [4.78, 5) is 18.7. The molecule has 3 aromatic carbocycles. The van der Waals surface area contributed by atoms with Crippen LogP contribution < -0.4 is 10.9 Å². The Morgan fingerprint density at radius 3 is 1.91 bits per heavy atom. The highest BCUT2D eigenvalue weighted by Crippen LogP contribution is 2.17. The average molecular weight is 420 g/mol. The van der Waals surface area contributed by atoms with Crippen molar-refractivity contribution in [3.63, 3.8) is 0 Å². The predicted molar refractivity (Wildman–Crippen MR) is 129 cm³/mol. The summed E-state index contributed by atoms with van der Waals surface area (Å²) in [5, 5.41) is 10.5. The van der Waals surface area contributed by atoms with Crippen LogP contribution in [0.4, 0.5) is 5.69 Å². The Morgan fingerprint density at radius 1 is 0.719 bits per heavy atom. The first kappa shape index (κ1) is 19.3. The fourth-order valence-electron chi connectivity index (χ4n) is 3.50. The first-order chi connectivity index (χ1) is 15.8. The standard InChI is InChI=1S/C25H20N6O/c32-25(31-29-16-19-14-27-24-8-4-2-6-22(19)24)17-9-11-20(12-10-17)30-28-15-18-13-26-23-7-3-1-5-21(18)23/h1-16,26-27,30H,(H,31,32)/b28-15+,29-16+. The zero-order valence-corrected chi connectivity index (χ0v) is 17.0. The highest BCUT2D eigenvalue weighted by molar-refractivity contribution is 6.00. The van der Waals surface area contributed by atoms with Crippen molar-refractivity contribution < 1.29 is 4.79 Å². The Balaban J connectivity index is 1.19. The number of para-hydroxylation sites is 2. The van der Waals surface area contributed by atoms with Crippen LogP contribution in [-0.4, -0.2) is 28.3 Å². The first-order valence-electron chi connectivity index (χ1n) is 10.1. The Kier molecular flexibility index (Phi) is 5.20. The third-order valence-corrected chi connectivity index (χ3v) is 5.16. The molecule has 0 fully saturated rings. The molecule has 7 heteroatoms. The number of amides is 1. The Hall–Kier alpha value is -4.65. The maximum absolute atomic E-state index is 12.4. The average Bonchev–Trinajstić information content (AvgIpc) is 3.44. The van der Waals surface area contributed by atoms with Gasteiger partial charge in [0.25, 0.3) is 5.91 Å². The van der Waals surface area contributed by atoms with Crippen LogP contribution in [0.1, 0.15) is 21.5 Å².